The molecular formula is C19H18O6. The molecule has 0 saturated carbocycles. The van der Waals surface area contributed by atoms with Crippen molar-refractivity contribution in [3.63, 3.8) is 0 Å². The van der Waals surface area contributed by atoms with Gasteiger partial charge in [0.25, 0.3) is 0 Å². The molecule has 0 saturated heterocycles. The predicted octanol–water partition coefficient (Wildman–Crippen LogP) is 3.25. The van der Waals surface area contributed by atoms with Crippen molar-refractivity contribution in [2.24, 2.45) is 0 Å². The van der Waals surface area contributed by atoms with Crippen LogP contribution in [0.5, 0.6) is 23.0 Å². The van der Waals surface area contributed by atoms with Crippen molar-refractivity contribution in [3.05, 3.63) is 47.0 Å². The lowest BCUT2D eigenvalue weighted by Gasteiger charge is -2.11. The summed E-state index contributed by atoms with van der Waals surface area (Å²) >= 11 is 0. The maximum absolute atomic E-state index is 10.9. The maximum atomic E-state index is 10.9. The van der Waals surface area contributed by atoms with Gasteiger partial charge in [-0.25, -0.2) is 0 Å². The highest BCUT2D eigenvalue weighted by Gasteiger charge is 2.27. The number of carboxylic acid groups (broad SMARTS) is 1. The van der Waals surface area contributed by atoms with Crippen LogP contribution >= 0.6 is 0 Å². The molecule has 2 aliphatic heterocycles. The van der Waals surface area contributed by atoms with Gasteiger partial charge < -0.3 is 24.1 Å². The molecule has 25 heavy (non-hydrogen) atoms. The van der Waals surface area contributed by atoms with E-state index < -0.39 is 5.97 Å². The molecule has 0 bridgehead atoms. The lowest BCUT2D eigenvalue weighted by molar-refractivity contribution is -0.137. The minimum absolute atomic E-state index is 0.0694. The zero-order valence-electron chi connectivity index (χ0n) is 13.8. The highest BCUT2D eigenvalue weighted by Crippen LogP contribution is 2.40. The Morgan fingerprint density at radius 2 is 2.08 bits per heavy atom. The van der Waals surface area contributed by atoms with Gasteiger partial charge in [-0.15, -0.1) is 0 Å². The van der Waals surface area contributed by atoms with Crippen molar-refractivity contribution >= 4 is 5.97 Å². The molecule has 0 radical (unpaired) electrons. The fraction of sp³-hybridized carbons (Fsp3) is 0.316. The SMILES string of the molecule is Cc1cc(COc2ccc3c(c2)OC[C@H]3CC(=O)O)c2c(c1)OCO2. The van der Waals surface area contributed by atoms with E-state index in [0.29, 0.717) is 24.7 Å². The third-order valence-corrected chi connectivity index (χ3v) is 4.37. The van der Waals surface area contributed by atoms with Gasteiger partial charge in [0.15, 0.2) is 11.5 Å². The number of hydrogen-bond acceptors (Lipinski definition) is 5. The molecule has 0 amide bonds. The number of fused-ring (bicyclic) bond motifs is 2. The molecule has 4 rings (SSSR count). The molecule has 1 N–H and O–H groups in total. The Balaban J connectivity index is 1.49. The Hall–Kier alpha value is -2.89. The number of aryl methyl sites for hydroxylation is 1. The first-order valence-corrected chi connectivity index (χ1v) is 8.10. The molecule has 0 unspecified atom stereocenters. The lowest BCUT2D eigenvalue weighted by atomic mass is 9.98. The van der Waals surface area contributed by atoms with E-state index >= 15 is 0 Å². The predicted molar refractivity (Wildman–Crippen MR) is 88.6 cm³/mol. The largest absolute Gasteiger partial charge is 0.492 e. The Morgan fingerprint density at radius 3 is 2.92 bits per heavy atom. The summed E-state index contributed by atoms with van der Waals surface area (Å²) in [6.07, 6.45) is 0.0694. The van der Waals surface area contributed by atoms with Gasteiger partial charge in [0.1, 0.15) is 18.1 Å². The first kappa shape index (κ1) is 15.6. The number of carboxylic acids is 1. The normalized spacial score (nSPS) is 17.1. The van der Waals surface area contributed by atoms with Crippen molar-refractivity contribution in [1.29, 1.82) is 0 Å². The fourth-order valence-corrected chi connectivity index (χ4v) is 3.23. The summed E-state index contributed by atoms with van der Waals surface area (Å²) in [4.78, 5) is 10.9. The Morgan fingerprint density at radius 1 is 1.20 bits per heavy atom. The third kappa shape index (κ3) is 3.07. The van der Waals surface area contributed by atoms with Crippen LogP contribution in [0.25, 0.3) is 0 Å². The standard InChI is InChI=1S/C19H18O6/c1-11-4-13(19-17(5-11)24-10-25-19)9-22-14-2-3-15-12(6-18(20)21)8-23-16(15)7-14/h2-5,7,12H,6,8-10H2,1H3,(H,20,21)/t12-/m1/s1. The Labute approximate surface area is 144 Å². The van der Waals surface area contributed by atoms with E-state index in [9.17, 15) is 4.79 Å². The van der Waals surface area contributed by atoms with E-state index in [1.165, 1.54) is 0 Å². The zero-order chi connectivity index (χ0) is 17.4. The Kier molecular flexibility index (Phi) is 3.87. The van der Waals surface area contributed by atoms with E-state index in [0.717, 1.165) is 28.2 Å². The topological polar surface area (TPSA) is 74.2 Å². The van der Waals surface area contributed by atoms with Gasteiger partial charge >= 0.3 is 5.97 Å². The second kappa shape index (κ2) is 6.20. The summed E-state index contributed by atoms with van der Waals surface area (Å²) in [6, 6.07) is 9.49. The minimum atomic E-state index is -0.822. The van der Waals surface area contributed by atoms with Gasteiger partial charge in [-0.1, -0.05) is 6.07 Å². The second-order valence-electron chi connectivity index (χ2n) is 6.25. The molecule has 6 heteroatoms. The molecule has 1 atom stereocenters. The molecule has 0 spiro atoms. The molecule has 2 aliphatic rings. The van der Waals surface area contributed by atoms with Crippen LogP contribution in [0, 0.1) is 6.92 Å². The minimum Gasteiger partial charge on any atom is -0.492 e. The van der Waals surface area contributed by atoms with Crippen LogP contribution in [0.3, 0.4) is 0 Å². The second-order valence-corrected chi connectivity index (χ2v) is 6.25. The number of hydrogen-bond donors (Lipinski definition) is 1. The van der Waals surface area contributed by atoms with Crippen molar-refractivity contribution in [1.82, 2.24) is 0 Å². The molecule has 130 valence electrons. The average molecular weight is 342 g/mol. The van der Waals surface area contributed by atoms with Crippen LogP contribution in [0.15, 0.2) is 30.3 Å². The van der Waals surface area contributed by atoms with Gasteiger partial charge in [-0.3, -0.25) is 4.79 Å². The van der Waals surface area contributed by atoms with Crippen LogP contribution in [-0.2, 0) is 11.4 Å². The highest BCUT2D eigenvalue weighted by molar-refractivity contribution is 5.68. The van der Waals surface area contributed by atoms with Crippen molar-refractivity contribution in [2.45, 2.75) is 25.9 Å². The summed E-state index contributed by atoms with van der Waals surface area (Å²) in [5.74, 6) is 1.91. The molecule has 2 heterocycles. The lowest BCUT2D eigenvalue weighted by Crippen LogP contribution is -2.07. The smallest absolute Gasteiger partial charge is 0.304 e. The van der Waals surface area contributed by atoms with E-state index in [1.807, 2.05) is 37.3 Å². The zero-order valence-corrected chi connectivity index (χ0v) is 13.8. The first-order valence-electron chi connectivity index (χ1n) is 8.10. The van der Waals surface area contributed by atoms with Gasteiger partial charge in [-0.2, -0.15) is 0 Å². The van der Waals surface area contributed by atoms with Crippen LogP contribution in [-0.4, -0.2) is 24.5 Å². The maximum Gasteiger partial charge on any atom is 0.304 e. The fourth-order valence-electron chi connectivity index (χ4n) is 3.23. The van der Waals surface area contributed by atoms with Crippen LogP contribution < -0.4 is 18.9 Å². The van der Waals surface area contributed by atoms with Gasteiger partial charge in [0.2, 0.25) is 6.79 Å². The summed E-state index contributed by atoms with van der Waals surface area (Å²) in [5.41, 5.74) is 2.93. The third-order valence-electron chi connectivity index (χ3n) is 4.37. The number of carbonyl (C=O) groups is 1. The van der Waals surface area contributed by atoms with Crippen LogP contribution in [0.4, 0.5) is 0 Å². The average Bonchev–Trinajstić information content (AvgIpc) is 3.19. The monoisotopic (exact) mass is 342 g/mol. The highest BCUT2D eigenvalue weighted by atomic mass is 16.7. The molecule has 0 fully saturated rings. The molecular weight excluding hydrogens is 324 g/mol. The van der Waals surface area contributed by atoms with Gasteiger partial charge in [0.05, 0.1) is 13.0 Å². The molecule has 0 aromatic heterocycles. The van der Waals surface area contributed by atoms with Crippen LogP contribution in [0.1, 0.15) is 29.0 Å². The van der Waals surface area contributed by atoms with E-state index in [4.69, 9.17) is 24.1 Å². The van der Waals surface area contributed by atoms with E-state index in [1.54, 1.807) is 0 Å². The van der Waals surface area contributed by atoms with E-state index in [2.05, 4.69) is 0 Å². The summed E-state index contributed by atoms with van der Waals surface area (Å²) in [5, 5.41) is 8.96. The van der Waals surface area contributed by atoms with Gasteiger partial charge in [-0.05, 0) is 30.7 Å². The number of ether oxygens (including phenoxy) is 4. The van der Waals surface area contributed by atoms with E-state index in [-0.39, 0.29) is 19.1 Å². The molecule has 2 aromatic carbocycles. The van der Waals surface area contributed by atoms with Crippen molar-refractivity contribution < 1.29 is 28.8 Å². The first-order chi connectivity index (χ1) is 12.1. The molecule has 6 nitrogen and oxygen atoms in total. The van der Waals surface area contributed by atoms with Crippen molar-refractivity contribution in [2.75, 3.05) is 13.4 Å². The number of benzene rings is 2. The number of rotatable bonds is 5. The van der Waals surface area contributed by atoms with Crippen LogP contribution in [0.2, 0.25) is 0 Å². The quantitative estimate of drug-likeness (QED) is 0.899. The summed E-state index contributed by atoms with van der Waals surface area (Å²) < 4.78 is 22.4. The summed E-state index contributed by atoms with van der Waals surface area (Å²) in [7, 11) is 0. The Bertz CT molecular complexity index is 829. The molecule has 2 aromatic rings. The van der Waals surface area contributed by atoms with Gasteiger partial charge in [0, 0.05) is 23.1 Å². The van der Waals surface area contributed by atoms with Crippen molar-refractivity contribution in [3.8, 4) is 23.0 Å². The number of aliphatic carboxylic acids is 1. The summed E-state index contributed by atoms with van der Waals surface area (Å²) in [6.45, 7) is 2.97. The molecule has 0 aliphatic carbocycles.